The molecular weight excluding hydrogens is 256 g/mol. The van der Waals surface area contributed by atoms with E-state index >= 15 is 0 Å². The van der Waals surface area contributed by atoms with Crippen LogP contribution in [0.5, 0.6) is 0 Å². The molecule has 0 saturated carbocycles. The summed E-state index contributed by atoms with van der Waals surface area (Å²) in [6.45, 7) is 5.92. The Morgan fingerprint density at radius 1 is 1.32 bits per heavy atom. The Kier molecular flexibility index (Phi) is 3.19. The first-order chi connectivity index (χ1) is 9.16. The summed E-state index contributed by atoms with van der Waals surface area (Å²) in [6, 6.07) is 9.09. The van der Waals surface area contributed by atoms with Crippen molar-refractivity contribution in [2.45, 2.75) is 32.9 Å². The van der Waals surface area contributed by atoms with E-state index in [1.54, 1.807) is 0 Å². The maximum absolute atomic E-state index is 11.7. The molecule has 0 unspecified atom stereocenters. The molecule has 0 fully saturated rings. The molecule has 0 N–H and O–H groups in total. The molecule has 1 atom stereocenters. The van der Waals surface area contributed by atoms with Crippen molar-refractivity contribution in [1.82, 2.24) is 4.57 Å². The quantitative estimate of drug-likeness (QED) is 0.860. The normalized spacial score (nSPS) is 17.8. The number of para-hydroxylation sites is 1. The number of anilines is 1. The van der Waals surface area contributed by atoms with E-state index in [1.807, 2.05) is 16.9 Å². The maximum Gasteiger partial charge on any atom is 0.307 e. The van der Waals surface area contributed by atoms with Crippen LogP contribution >= 0.6 is 11.3 Å². The van der Waals surface area contributed by atoms with Crippen molar-refractivity contribution in [2.75, 3.05) is 11.4 Å². The smallest absolute Gasteiger partial charge is 0.307 e. The molecule has 3 rings (SSSR count). The molecule has 0 aliphatic carbocycles. The molecule has 0 bridgehead atoms. The van der Waals surface area contributed by atoms with Crippen LogP contribution in [0.25, 0.3) is 0 Å². The maximum atomic E-state index is 11.7. The van der Waals surface area contributed by atoms with E-state index in [4.69, 9.17) is 0 Å². The average molecular weight is 274 g/mol. The molecule has 3 nitrogen and oxygen atoms in total. The number of benzene rings is 1. The fourth-order valence-corrected chi connectivity index (χ4v) is 3.61. The molecule has 0 spiro atoms. The van der Waals surface area contributed by atoms with Crippen LogP contribution in [0.2, 0.25) is 0 Å². The van der Waals surface area contributed by atoms with Gasteiger partial charge in [0.2, 0.25) is 0 Å². The molecular formula is C15H18N2OS. The van der Waals surface area contributed by atoms with Gasteiger partial charge in [-0.2, -0.15) is 0 Å². The van der Waals surface area contributed by atoms with Gasteiger partial charge in [-0.15, -0.1) is 0 Å². The first-order valence-electron chi connectivity index (χ1n) is 6.66. The fraction of sp³-hybridized carbons (Fsp3) is 0.400. The SMILES string of the molecule is Cc1csc(=O)n1CCN1c2ccccc2C[C@H]1C. The third-order valence-electron chi connectivity index (χ3n) is 3.89. The lowest BCUT2D eigenvalue weighted by Gasteiger charge is -2.25. The molecule has 1 aromatic heterocycles. The van der Waals surface area contributed by atoms with Gasteiger partial charge in [0.1, 0.15) is 0 Å². The van der Waals surface area contributed by atoms with Crippen LogP contribution in [0.1, 0.15) is 18.2 Å². The molecule has 1 aliphatic rings. The molecule has 4 heteroatoms. The van der Waals surface area contributed by atoms with Gasteiger partial charge in [-0.1, -0.05) is 29.5 Å². The van der Waals surface area contributed by atoms with Crippen molar-refractivity contribution in [3.05, 3.63) is 50.6 Å². The highest BCUT2D eigenvalue weighted by molar-refractivity contribution is 7.07. The first-order valence-corrected chi connectivity index (χ1v) is 7.54. The second kappa shape index (κ2) is 4.85. The van der Waals surface area contributed by atoms with Crippen LogP contribution in [0.3, 0.4) is 0 Å². The Bertz CT molecular complexity index is 644. The van der Waals surface area contributed by atoms with Crippen molar-refractivity contribution in [3.8, 4) is 0 Å². The molecule has 0 amide bonds. The van der Waals surface area contributed by atoms with E-state index in [1.165, 1.54) is 22.6 Å². The summed E-state index contributed by atoms with van der Waals surface area (Å²) in [5, 5.41) is 1.93. The predicted octanol–water partition coefficient (Wildman–Crippen LogP) is 2.67. The first kappa shape index (κ1) is 12.5. The third-order valence-corrected chi connectivity index (χ3v) is 4.77. The third kappa shape index (κ3) is 2.21. The Balaban J connectivity index is 1.79. The van der Waals surface area contributed by atoms with Crippen LogP contribution < -0.4 is 9.77 Å². The summed E-state index contributed by atoms with van der Waals surface area (Å²) in [7, 11) is 0. The minimum absolute atomic E-state index is 0.151. The largest absolute Gasteiger partial charge is 0.366 e. The standard InChI is InChI=1S/C15H18N2OS/c1-11-9-13-5-3-4-6-14(13)16(11)7-8-17-12(2)10-19-15(17)18/h3-6,10-11H,7-9H2,1-2H3/t11-/m1/s1. The van der Waals surface area contributed by atoms with Crippen molar-refractivity contribution in [3.63, 3.8) is 0 Å². The molecule has 2 aromatic rings. The van der Waals surface area contributed by atoms with Gasteiger partial charge in [-0.25, -0.2) is 0 Å². The summed E-state index contributed by atoms with van der Waals surface area (Å²) in [5.41, 5.74) is 3.82. The summed E-state index contributed by atoms with van der Waals surface area (Å²) < 4.78 is 1.87. The Morgan fingerprint density at radius 2 is 2.11 bits per heavy atom. The van der Waals surface area contributed by atoms with Gasteiger partial charge in [-0.05, 0) is 31.9 Å². The van der Waals surface area contributed by atoms with Crippen LogP contribution in [0, 0.1) is 6.92 Å². The Labute approximate surface area is 117 Å². The number of hydrogen-bond donors (Lipinski definition) is 0. The lowest BCUT2D eigenvalue weighted by atomic mass is 10.1. The summed E-state index contributed by atoms with van der Waals surface area (Å²) >= 11 is 1.29. The van der Waals surface area contributed by atoms with Crippen molar-refractivity contribution >= 4 is 17.0 Å². The zero-order valence-electron chi connectivity index (χ0n) is 11.3. The second-order valence-electron chi connectivity index (χ2n) is 5.17. The number of aryl methyl sites for hydroxylation is 1. The number of hydrogen-bond acceptors (Lipinski definition) is 3. The molecule has 1 aromatic carbocycles. The molecule has 0 saturated heterocycles. The predicted molar refractivity (Wildman–Crippen MR) is 80.3 cm³/mol. The van der Waals surface area contributed by atoms with E-state index in [0.717, 1.165) is 25.2 Å². The topological polar surface area (TPSA) is 25.2 Å². The van der Waals surface area contributed by atoms with Crippen molar-refractivity contribution in [1.29, 1.82) is 0 Å². The number of rotatable bonds is 3. The minimum Gasteiger partial charge on any atom is -0.366 e. The molecule has 2 heterocycles. The fourth-order valence-electron chi connectivity index (χ4n) is 2.85. The van der Waals surface area contributed by atoms with E-state index in [9.17, 15) is 4.79 Å². The van der Waals surface area contributed by atoms with Crippen molar-refractivity contribution in [2.24, 2.45) is 0 Å². The zero-order chi connectivity index (χ0) is 13.4. The van der Waals surface area contributed by atoms with Crippen molar-refractivity contribution < 1.29 is 0 Å². The van der Waals surface area contributed by atoms with Crippen LogP contribution in [-0.4, -0.2) is 17.2 Å². The molecule has 19 heavy (non-hydrogen) atoms. The monoisotopic (exact) mass is 274 g/mol. The number of thiazole rings is 1. The Morgan fingerprint density at radius 3 is 2.84 bits per heavy atom. The number of fused-ring (bicyclic) bond motifs is 1. The highest BCUT2D eigenvalue weighted by Gasteiger charge is 2.25. The average Bonchev–Trinajstić information content (AvgIpc) is 2.88. The highest BCUT2D eigenvalue weighted by Crippen LogP contribution is 2.31. The van der Waals surface area contributed by atoms with E-state index in [2.05, 4.69) is 36.1 Å². The lowest BCUT2D eigenvalue weighted by molar-refractivity contribution is 0.596. The highest BCUT2D eigenvalue weighted by atomic mass is 32.1. The van der Waals surface area contributed by atoms with Gasteiger partial charge in [0, 0.05) is 35.9 Å². The van der Waals surface area contributed by atoms with E-state index in [-0.39, 0.29) is 4.87 Å². The van der Waals surface area contributed by atoms with Crippen LogP contribution in [-0.2, 0) is 13.0 Å². The lowest BCUT2D eigenvalue weighted by Crippen LogP contribution is -2.34. The molecule has 0 radical (unpaired) electrons. The minimum atomic E-state index is 0.151. The molecule has 100 valence electrons. The van der Waals surface area contributed by atoms with Crippen LogP contribution in [0.4, 0.5) is 5.69 Å². The van der Waals surface area contributed by atoms with Gasteiger partial charge < -0.3 is 9.47 Å². The summed E-state index contributed by atoms with van der Waals surface area (Å²) in [5.74, 6) is 0. The van der Waals surface area contributed by atoms with Gasteiger partial charge in [0.25, 0.3) is 0 Å². The van der Waals surface area contributed by atoms with E-state index < -0.39 is 0 Å². The summed E-state index contributed by atoms with van der Waals surface area (Å²) in [6.07, 6.45) is 1.10. The van der Waals surface area contributed by atoms with Gasteiger partial charge in [0.05, 0.1) is 0 Å². The molecule has 1 aliphatic heterocycles. The van der Waals surface area contributed by atoms with Gasteiger partial charge in [0.15, 0.2) is 0 Å². The summed E-state index contributed by atoms with van der Waals surface area (Å²) in [4.78, 5) is 14.3. The van der Waals surface area contributed by atoms with Crippen LogP contribution in [0.15, 0.2) is 34.4 Å². The number of aromatic nitrogens is 1. The number of nitrogens with zero attached hydrogens (tertiary/aromatic N) is 2. The second-order valence-corrected chi connectivity index (χ2v) is 5.99. The Hall–Kier alpha value is -1.55. The zero-order valence-corrected chi connectivity index (χ0v) is 12.1. The van der Waals surface area contributed by atoms with Gasteiger partial charge >= 0.3 is 4.87 Å². The van der Waals surface area contributed by atoms with Gasteiger partial charge in [-0.3, -0.25) is 4.79 Å². The van der Waals surface area contributed by atoms with E-state index in [0.29, 0.717) is 6.04 Å².